The number of aryl methyl sites for hydroxylation is 1. The molecule has 0 aromatic carbocycles. The Bertz CT molecular complexity index is 1410. The minimum Gasteiger partial charge on any atom is -0.382 e. The van der Waals surface area contributed by atoms with Crippen LogP contribution in [0.5, 0.6) is 0 Å². The van der Waals surface area contributed by atoms with E-state index in [0.29, 0.717) is 16.3 Å². The summed E-state index contributed by atoms with van der Waals surface area (Å²) < 4.78 is 79.0. The lowest BCUT2D eigenvalue weighted by molar-refractivity contribution is -0.207. The molecule has 0 aliphatic rings. The van der Waals surface area contributed by atoms with Gasteiger partial charge >= 0.3 is 12.4 Å². The van der Waals surface area contributed by atoms with Crippen LogP contribution in [0.15, 0.2) is 47.9 Å². The summed E-state index contributed by atoms with van der Waals surface area (Å²) in [5.74, 6) is 0. The number of aliphatic hydroxyl groups excluding tert-OH is 1. The fraction of sp³-hybridized carbons (Fsp3) is 0.250. The van der Waals surface area contributed by atoms with Crippen molar-refractivity contribution in [1.29, 1.82) is 0 Å². The Labute approximate surface area is 186 Å². The normalized spacial score (nSPS) is 13.4. The summed E-state index contributed by atoms with van der Waals surface area (Å²) in [6, 6.07) is 3.03. The van der Waals surface area contributed by atoms with E-state index in [-0.39, 0.29) is 28.0 Å². The highest BCUT2D eigenvalue weighted by molar-refractivity contribution is 5.93. The van der Waals surface area contributed by atoms with Gasteiger partial charge in [0.25, 0.3) is 5.56 Å². The van der Waals surface area contributed by atoms with Gasteiger partial charge in [-0.1, -0.05) is 0 Å². The minimum absolute atomic E-state index is 0.00639. The van der Waals surface area contributed by atoms with E-state index < -0.39 is 36.1 Å². The molecule has 8 nitrogen and oxygen atoms in total. The van der Waals surface area contributed by atoms with Crippen LogP contribution < -0.4 is 5.56 Å². The van der Waals surface area contributed by atoms with Crippen molar-refractivity contribution in [2.45, 2.75) is 25.0 Å². The second-order valence-electron chi connectivity index (χ2n) is 7.34. The Morgan fingerprint density at radius 2 is 1.79 bits per heavy atom. The SMILES string of the molecule is Cn1cc(-c2nc(-c3ccc(C(F)(F)F)cn3)cc3c(=O)n(C[C@@H](O)C(F)(F)F)cnc23)cn1. The summed E-state index contributed by atoms with van der Waals surface area (Å²) in [6.07, 6.45) is -7.95. The predicted octanol–water partition coefficient (Wildman–Crippen LogP) is 3.20. The van der Waals surface area contributed by atoms with Crippen LogP contribution in [0.4, 0.5) is 26.3 Å². The second kappa shape index (κ2) is 8.20. The molecule has 0 saturated heterocycles. The van der Waals surface area contributed by atoms with Gasteiger partial charge in [0, 0.05) is 25.0 Å². The number of aliphatic hydroxyl groups is 1. The quantitative estimate of drug-likeness (QED) is 0.447. The number of halogens is 6. The summed E-state index contributed by atoms with van der Waals surface area (Å²) in [5.41, 5.74) is -1.35. The van der Waals surface area contributed by atoms with Crippen molar-refractivity contribution >= 4 is 10.9 Å². The molecule has 4 aromatic heterocycles. The van der Waals surface area contributed by atoms with Crippen molar-refractivity contribution in [1.82, 2.24) is 29.3 Å². The molecule has 0 bridgehead atoms. The zero-order chi connectivity index (χ0) is 24.8. The lowest BCUT2D eigenvalue weighted by Crippen LogP contribution is -2.36. The van der Waals surface area contributed by atoms with E-state index in [1.54, 1.807) is 13.2 Å². The van der Waals surface area contributed by atoms with Crippen molar-refractivity contribution in [2.24, 2.45) is 7.05 Å². The number of hydrogen-bond acceptors (Lipinski definition) is 6. The molecule has 0 radical (unpaired) electrons. The molecule has 34 heavy (non-hydrogen) atoms. The van der Waals surface area contributed by atoms with E-state index in [1.165, 1.54) is 16.9 Å². The van der Waals surface area contributed by atoms with Gasteiger partial charge in [0.2, 0.25) is 0 Å². The Morgan fingerprint density at radius 1 is 1.06 bits per heavy atom. The van der Waals surface area contributed by atoms with Crippen LogP contribution in [0.3, 0.4) is 0 Å². The molecule has 0 aliphatic heterocycles. The standard InChI is InChI=1S/C20H14F6N6O2/c1-31-7-10(5-29-31)16-17-12(18(34)32(9-28-17)8-15(33)20(24,25)26)4-14(30-16)13-3-2-11(6-27-13)19(21,22)23/h2-7,9,15,33H,8H2,1H3/t15-/m1/s1. The summed E-state index contributed by atoms with van der Waals surface area (Å²) in [4.78, 5) is 25.2. The summed E-state index contributed by atoms with van der Waals surface area (Å²) in [5, 5.41) is 13.2. The average Bonchev–Trinajstić information content (AvgIpc) is 3.20. The lowest BCUT2D eigenvalue weighted by Gasteiger charge is -2.16. The van der Waals surface area contributed by atoms with Gasteiger partial charge in [0.15, 0.2) is 6.10 Å². The van der Waals surface area contributed by atoms with Crippen molar-refractivity contribution < 1.29 is 31.4 Å². The van der Waals surface area contributed by atoms with Gasteiger partial charge in [-0.2, -0.15) is 31.4 Å². The molecule has 4 aromatic rings. The van der Waals surface area contributed by atoms with Crippen molar-refractivity contribution in [2.75, 3.05) is 0 Å². The Kier molecular flexibility index (Phi) is 5.63. The minimum atomic E-state index is -4.96. The van der Waals surface area contributed by atoms with Gasteiger partial charge in [-0.3, -0.25) is 19.0 Å². The maximum Gasteiger partial charge on any atom is 0.417 e. The zero-order valence-corrected chi connectivity index (χ0v) is 17.1. The fourth-order valence-electron chi connectivity index (χ4n) is 3.18. The van der Waals surface area contributed by atoms with Crippen LogP contribution in [0.2, 0.25) is 0 Å². The third kappa shape index (κ3) is 4.48. The molecule has 4 heterocycles. The molecular weight excluding hydrogens is 470 g/mol. The summed E-state index contributed by atoms with van der Waals surface area (Å²) >= 11 is 0. The molecule has 0 fully saturated rings. The third-order valence-corrected chi connectivity index (χ3v) is 4.89. The fourth-order valence-corrected chi connectivity index (χ4v) is 3.18. The van der Waals surface area contributed by atoms with Crippen LogP contribution in [-0.4, -0.2) is 46.7 Å². The maximum atomic E-state index is 13.0. The highest BCUT2D eigenvalue weighted by atomic mass is 19.4. The van der Waals surface area contributed by atoms with Crippen molar-refractivity contribution in [3.63, 3.8) is 0 Å². The van der Waals surface area contributed by atoms with E-state index >= 15 is 0 Å². The van der Waals surface area contributed by atoms with E-state index in [0.717, 1.165) is 18.5 Å². The topological polar surface area (TPSA) is 98.7 Å². The van der Waals surface area contributed by atoms with Crippen molar-refractivity contribution in [3.05, 3.63) is 59.0 Å². The smallest absolute Gasteiger partial charge is 0.382 e. The highest BCUT2D eigenvalue weighted by Crippen LogP contribution is 2.31. The van der Waals surface area contributed by atoms with Crippen molar-refractivity contribution in [3.8, 4) is 22.6 Å². The van der Waals surface area contributed by atoms with Crippen LogP contribution in [-0.2, 0) is 19.8 Å². The molecule has 1 N–H and O–H groups in total. The first kappa shape index (κ1) is 23.4. The Morgan fingerprint density at radius 3 is 2.35 bits per heavy atom. The van der Waals surface area contributed by atoms with Gasteiger partial charge in [-0.25, -0.2) is 9.97 Å². The second-order valence-corrected chi connectivity index (χ2v) is 7.34. The number of rotatable bonds is 4. The summed E-state index contributed by atoms with van der Waals surface area (Å²) in [7, 11) is 1.62. The zero-order valence-electron chi connectivity index (χ0n) is 17.1. The predicted molar refractivity (Wildman–Crippen MR) is 106 cm³/mol. The number of nitrogens with zero attached hydrogens (tertiary/aromatic N) is 6. The Hall–Kier alpha value is -3.81. The maximum absolute atomic E-state index is 13.0. The number of fused-ring (bicyclic) bond motifs is 1. The van der Waals surface area contributed by atoms with Gasteiger partial charge in [0.1, 0.15) is 11.2 Å². The molecule has 0 amide bonds. The number of aromatic nitrogens is 6. The van der Waals surface area contributed by atoms with E-state index in [4.69, 9.17) is 0 Å². The lowest BCUT2D eigenvalue weighted by atomic mass is 10.1. The molecule has 0 saturated carbocycles. The first-order chi connectivity index (χ1) is 15.8. The number of hydrogen-bond donors (Lipinski definition) is 1. The van der Waals surface area contributed by atoms with Crippen LogP contribution >= 0.6 is 0 Å². The van der Waals surface area contributed by atoms with Gasteiger partial charge in [-0.15, -0.1) is 0 Å². The molecule has 1 atom stereocenters. The number of pyridine rings is 2. The monoisotopic (exact) mass is 484 g/mol. The average molecular weight is 484 g/mol. The molecule has 0 unspecified atom stereocenters. The third-order valence-electron chi connectivity index (χ3n) is 4.89. The van der Waals surface area contributed by atoms with Gasteiger partial charge in [0.05, 0.1) is 41.4 Å². The number of alkyl halides is 6. The molecule has 4 rings (SSSR count). The van der Waals surface area contributed by atoms with Gasteiger partial charge in [-0.05, 0) is 18.2 Å². The van der Waals surface area contributed by atoms with Crippen LogP contribution in [0.1, 0.15) is 5.56 Å². The van der Waals surface area contributed by atoms with E-state index in [9.17, 15) is 36.2 Å². The Balaban J connectivity index is 1.91. The summed E-state index contributed by atoms with van der Waals surface area (Å²) in [6.45, 7) is -1.09. The highest BCUT2D eigenvalue weighted by Gasteiger charge is 2.38. The molecular formula is C20H14F6N6O2. The largest absolute Gasteiger partial charge is 0.417 e. The molecule has 0 aliphatic carbocycles. The van der Waals surface area contributed by atoms with Crippen LogP contribution in [0, 0.1) is 0 Å². The van der Waals surface area contributed by atoms with E-state index in [1.807, 2.05) is 0 Å². The first-order valence-corrected chi connectivity index (χ1v) is 9.52. The van der Waals surface area contributed by atoms with Crippen LogP contribution in [0.25, 0.3) is 33.5 Å². The first-order valence-electron chi connectivity index (χ1n) is 9.52. The van der Waals surface area contributed by atoms with Gasteiger partial charge < -0.3 is 5.11 Å². The van der Waals surface area contributed by atoms with E-state index in [2.05, 4.69) is 20.1 Å². The molecule has 178 valence electrons. The molecule has 14 heteroatoms. The molecule has 0 spiro atoms.